The summed E-state index contributed by atoms with van der Waals surface area (Å²) in [6.07, 6.45) is 1.36. The molecule has 0 aliphatic rings. The highest BCUT2D eigenvalue weighted by molar-refractivity contribution is 7.22. The molecule has 3 aromatic rings. The summed E-state index contributed by atoms with van der Waals surface area (Å²) in [7, 11) is 0. The van der Waals surface area contributed by atoms with Crippen LogP contribution in [0.4, 0.5) is 5.13 Å². The van der Waals surface area contributed by atoms with Crippen molar-refractivity contribution in [3.8, 4) is 11.8 Å². The first-order chi connectivity index (χ1) is 11.2. The number of amides is 1. The molecule has 6 nitrogen and oxygen atoms in total. The summed E-state index contributed by atoms with van der Waals surface area (Å²) >= 11 is 1.36. The predicted molar refractivity (Wildman–Crippen MR) is 87.7 cm³/mol. The first-order valence-corrected chi connectivity index (χ1v) is 7.72. The molecule has 0 bridgehead atoms. The van der Waals surface area contributed by atoms with Crippen LogP contribution in [0.2, 0.25) is 0 Å². The third-order valence-electron chi connectivity index (χ3n) is 3.02. The van der Waals surface area contributed by atoms with E-state index in [-0.39, 0.29) is 11.6 Å². The number of pyridine rings is 1. The summed E-state index contributed by atoms with van der Waals surface area (Å²) in [5.41, 5.74) is 1.43. The lowest BCUT2D eigenvalue weighted by atomic mass is 10.2. The zero-order valence-electron chi connectivity index (χ0n) is 12.2. The lowest BCUT2D eigenvalue weighted by Crippen LogP contribution is -2.13. The highest BCUT2D eigenvalue weighted by Gasteiger charge is 2.11. The van der Waals surface area contributed by atoms with Crippen LogP contribution in [0.25, 0.3) is 10.2 Å². The highest BCUT2D eigenvalue weighted by atomic mass is 32.1. The Morgan fingerprint density at radius 2 is 2.26 bits per heavy atom. The van der Waals surface area contributed by atoms with Crippen molar-refractivity contribution in [1.82, 2.24) is 9.97 Å². The van der Waals surface area contributed by atoms with Gasteiger partial charge in [-0.15, -0.1) is 0 Å². The molecule has 0 radical (unpaired) electrons. The second kappa shape index (κ2) is 6.42. The van der Waals surface area contributed by atoms with Crippen molar-refractivity contribution in [3.63, 3.8) is 0 Å². The molecule has 0 saturated carbocycles. The van der Waals surface area contributed by atoms with Crippen LogP contribution in [0.3, 0.4) is 0 Å². The second-order valence-electron chi connectivity index (χ2n) is 4.58. The van der Waals surface area contributed by atoms with E-state index in [1.54, 1.807) is 6.07 Å². The fourth-order valence-electron chi connectivity index (χ4n) is 1.97. The van der Waals surface area contributed by atoms with Gasteiger partial charge in [0.25, 0.3) is 5.91 Å². The van der Waals surface area contributed by atoms with Gasteiger partial charge in [-0.25, -0.2) is 9.97 Å². The Hall–Kier alpha value is -2.98. The number of benzene rings is 1. The zero-order chi connectivity index (χ0) is 16.2. The molecule has 114 valence electrons. The quantitative estimate of drug-likeness (QED) is 0.796. The number of aromatic nitrogens is 2. The number of thiazole rings is 1. The maximum absolute atomic E-state index is 12.1. The first kappa shape index (κ1) is 14.9. The molecule has 0 unspecified atom stereocenters. The average Bonchev–Trinajstić information content (AvgIpc) is 2.96. The van der Waals surface area contributed by atoms with E-state index >= 15 is 0 Å². The van der Waals surface area contributed by atoms with Gasteiger partial charge < -0.3 is 4.74 Å². The van der Waals surface area contributed by atoms with Gasteiger partial charge in [-0.1, -0.05) is 11.3 Å². The van der Waals surface area contributed by atoms with Crippen LogP contribution in [-0.2, 0) is 0 Å². The average molecular weight is 324 g/mol. The molecule has 3 rings (SSSR count). The van der Waals surface area contributed by atoms with Gasteiger partial charge in [0.15, 0.2) is 5.13 Å². The summed E-state index contributed by atoms with van der Waals surface area (Å²) < 4.78 is 6.38. The van der Waals surface area contributed by atoms with E-state index in [1.807, 2.05) is 31.2 Å². The fourth-order valence-corrected chi connectivity index (χ4v) is 2.86. The van der Waals surface area contributed by atoms with Crippen LogP contribution >= 0.6 is 11.3 Å². The van der Waals surface area contributed by atoms with Gasteiger partial charge in [-0.2, -0.15) is 5.26 Å². The Bertz CT molecular complexity index is 897. The molecule has 0 fully saturated rings. The number of carbonyl (C=O) groups excluding carboxylic acids is 1. The maximum atomic E-state index is 12.1. The van der Waals surface area contributed by atoms with Gasteiger partial charge in [0, 0.05) is 6.20 Å². The van der Waals surface area contributed by atoms with Gasteiger partial charge in [-0.3, -0.25) is 10.1 Å². The van der Waals surface area contributed by atoms with E-state index in [4.69, 9.17) is 10.00 Å². The number of ether oxygens (including phenoxy) is 1. The number of anilines is 1. The Balaban J connectivity index is 1.80. The minimum Gasteiger partial charge on any atom is -0.494 e. The van der Waals surface area contributed by atoms with Crippen LogP contribution in [0, 0.1) is 11.3 Å². The normalized spacial score (nSPS) is 10.3. The summed E-state index contributed by atoms with van der Waals surface area (Å²) in [4.78, 5) is 20.5. The van der Waals surface area contributed by atoms with Gasteiger partial charge >= 0.3 is 0 Å². The molecule has 7 heteroatoms. The van der Waals surface area contributed by atoms with E-state index in [0.717, 1.165) is 16.0 Å². The number of nitriles is 1. The molecule has 23 heavy (non-hydrogen) atoms. The lowest BCUT2D eigenvalue weighted by molar-refractivity contribution is 0.102. The van der Waals surface area contributed by atoms with Crippen LogP contribution in [0.15, 0.2) is 36.5 Å². The summed E-state index contributed by atoms with van der Waals surface area (Å²) in [6, 6.07) is 10.6. The van der Waals surface area contributed by atoms with E-state index < -0.39 is 0 Å². The number of fused-ring (bicyclic) bond motifs is 1. The molecule has 0 atom stereocenters. The number of carbonyl (C=O) groups is 1. The Labute approximate surface area is 136 Å². The Morgan fingerprint density at radius 1 is 1.39 bits per heavy atom. The number of hydrogen-bond acceptors (Lipinski definition) is 6. The molecule has 1 N–H and O–H groups in total. The molecular weight excluding hydrogens is 312 g/mol. The highest BCUT2D eigenvalue weighted by Crippen LogP contribution is 2.29. The standard InChI is InChI=1S/C16H12N4O2S/c1-2-22-11-4-6-12-14(7-11)23-16(19-12)20-15(21)13-5-3-10(8-17)9-18-13/h3-7,9H,2H2,1H3,(H,19,20,21). The van der Waals surface area contributed by atoms with Crippen LogP contribution in [0.1, 0.15) is 23.0 Å². The molecule has 0 spiro atoms. The Kier molecular flexibility index (Phi) is 4.17. The molecule has 2 aromatic heterocycles. The number of nitrogens with one attached hydrogen (secondary N) is 1. The number of rotatable bonds is 4. The van der Waals surface area contributed by atoms with Crippen LogP contribution in [0.5, 0.6) is 5.75 Å². The SMILES string of the molecule is CCOc1ccc2nc(NC(=O)c3ccc(C#N)cn3)sc2c1. The maximum Gasteiger partial charge on any atom is 0.276 e. The topological polar surface area (TPSA) is 87.9 Å². The minimum absolute atomic E-state index is 0.235. The Morgan fingerprint density at radius 3 is 2.96 bits per heavy atom. The molecule has 2 heterocycles. The molecule has 1 aromatic carbocycles. The van der Waals surface area contributed by atoms with Crippen molar-refractivity contribution in [2.75, 3.05) is 11.9 Å². The van der Waals surface area contributed by atoms with Gasteiger partial charge in [-0.05, 0) is 37.3 Å². The number of nitrogens with zero attached hydrogens (tertiary/aromatic N) is 3. The van der Waals surface area contributed by atoms with Crippen LogP contribution < -0.4 is 10.1 Å². The predicted octanol–water partition coefficient (Wildman–Crippen LogP) is 3.21. The van der Waals surface area contributed by atoms with E-state index in [0.29, 0.717) is 17.3 Å². The van der Waals surface area contributed by atoms with Crippen molar-refractivity contribution < 1.29 is 9.53 Å². The summed E-state index contributed by atoms with van der Waals surface area (Å²) in [6.45, 7) is 2.52. The first-order valence-electron chi connectivity index (χ1n) is 6.90. The number of hydrogen-bond donors (Lipinski definition) is 1. The third kappa shape index (κ3) is 3.27. The second-order valence-corrected chi connectivity index (χ2v) is 5.61. The molecule has 1 amide bonds. The third-order valence-corrected chi connectivity index (χ3v) is 3.95. The summed E-state index contributed by atoms with van der Waals surface area (Å²) in [5, 5.41) is 11.9. The monoisotopic (exact) mass is 324 g/mol. The van der Waals surface area contributed by atoms with E-state index in [1.165, 1.54) is 23.6 Å². The van der Waals surface area contributed by atoms with Gasteiger partial charge in [0.1, 0.15) is 17.5 Å². The van der Waals surface area contributed by atoms with E-state index in [9.17, 15) is 4.79 Å². The largest absolute Gasteiger partial charge is 0.494 e. The molecule has 0 saturated heterocycles. The van der Waals surface area contributed by atoms with Crippen molar-refractivity contribution in [2.24, 2.45) is 0 Å². The van der Waals surface area contributed by atoms with Crippen molar-refractivity contribution >= 4 is 32.6 Å². The fraction of sp³-hybridized carbons (Fsp3) is 0.125. The van der Waals surface area contributed by atoms with Crippen molar-refractivity contribution in [1.29, 1.82) is 5.26 Å². The van der Waals surface area contributed by atoms with Crippen LogP contribution in [-0.4, -0.2) is 22.5 Å². The van der Waals surface area contributed by atoms with Gasteiger partial charge in [0.05, 0.1) is 22.4 Å². The van der Waals surface area contributed by atoms with E-state index in [2.05, 4.69) is 15.3 Å². The molecule has 0 aliphatic carbocycles. The lowest BCUT2D eigenvalue weighted by Gasteiger charge is -2.00. The van der Waals surface area contributed by atoms with Crippen molar-refractivity contribution in [2.45, 2.75) is 6.92 Å². The minimum atomic E-state index is -0.362. The summed E-state index contributed by atoms with van der Waals surface area (Å²) in [5.74, 6) is 0.411. The molecular formula is C16H12N4O2S. The van der Waals surface area contributed by atoms with Gasteiger partial charge in [0.2, 0.25) is 0 Å². The zero-order valence-corrected chi connectivity index (χ0v) is 13.1. The smallest absolute Gasteiger partial charge is 0.276 e. The van der Waals surface area contributed by atoms with Crippen molar-refractivity contribution in [3.05, 3.63) is 47.8 Å². The molecule has 0 aliphatic heterocycles.